The summed E-state index contributed by atoms with van der Waals surface area (Å²) in [5, 5.41) is 18.3. The minimum atomic E-state index is -1.96. The highest BCUT2D eigenvalue weighted by Gasteiger charge is 2.35. The highest BCUT2D eigenvalue weighted by molar-refractivity contribution is 6.81. The van der Waals surface area contributed by atoms with E-state index in [1.165, 1.54) is 0 Å². The third-order valence-electron chi connectivity index (χ3n) is 2.36. The van der Waals surface area contributed by atoms with Gasteiger partial charge in [0.25, 0.3) is 0 Å². The molecular formula is C12H32O5Si3. The molecule has 0 aromatic heterocycles. The minimum Gasteiger partial charge on any atom is -0.437 e. The Morgan fingerprint density at radius 2 is 1.45 bits per heavy atom. The third-order valence-corrected chi connectivity index (χ3v) is 11.1. The fourth-order valence-corrected chi connectivity index (χ4v) is 9.62. The summed E-state index contributed by atoms with van der Waals surface area (Å²) in [5.74, 6) is 0. The van der Waals surface area contributed by atoms with Crippen LogP contribution in [0.25, 0.3) is 0 Å². The maximum Gasteiger partial charge on any atom is 0.330 e. The summed E-state index contributed by atoms with van der Waals surface area (Å²) < 4.78 is 18.3. The Labute approximate surface area is 127 Å². The number of ether oxygens (including phenoxy) is 1. The second-order valence-electron chi connectivity index (χ2n) is 6.95. The van der Waals surface area contributed by atoms with Crippen molar-refractivity contribution in [2.24, 2.45) is 0 Å². The molecule has 0 heterocycles. The molecule has 0 aliphatic rings. The smallest absolute Gasteiger partial charge is 0.330 e. The van der Waals surface area contributed by atoms with E-state index in [9.17, 15) is 5.11 Å². The van der Waals surface area contributed by atoms with Gasteiger partial charge in [0.2, 0.25) is 0 Å². The van der Waals surface area contributed by atoms with Crippen LogP contribution < -0.4 is 0 Å². The summed E-state index contributed by atoms with van der Waals surface area (Å²) in [5.41, 5.74) is -0.0883. The standard InChI is InChI=1S/C12H32O5Si3/c1-8-12(15-10-11(14)9-13)18(16-19(2,3)4)17-20(5,6)7/h11-14,18H,8-10H2,1-7H3. The molecule has 0 aromatic rings. The SMILES string of the molecule is CCC(OCC(O)CO)[SiH](O[Si](C)(C)C)O[Si](C)(C)C. The zero-order valence-electron chi connectivity index (χ0n) is 14.0. The molecule has 0 aliphatic heterocycles. The highest BCUT2D eigenvalue weighted by Crippen LogP contribution is 2.17. The Morgan fingerprint density at radius 1 is 1.00 bits per heavy atom. The molecule has 8 heteroatoms. The lowest BCUT2D eigenvalue weighted by Crippen LogP contribution is -2.51. The van der Waals surface area contributed by atoms with Crippen LogP contribution in [0, 0.1) is 0 Å². The predicted molar refractivity (Wildman–Crippen MR) is 89.1 cm³/mol. The average molecular weight is 341 g/mol. The van der Waals surface area contributed by atoms with Crippen LogP contribution in [0.3, 0.4) is 0 Å². The molecule has 2 unspecified atom stereocenters. The van der Waals surface area contributed by atoms with Crippen LogP contribution in [0.2, 0.25) is 39.3 Å². The second kappa shape index (κ2) is 8.79. The first-order chi connectivity index (χ1) is 8.98. The molecule has 0 bridgehead atoms. The van der Waals surface area contributed by atoms with Crippen LogP contribution >= 0.6 is 0 Å². The molecule has 0 radical (unpaired) electrons. The fourth-order valence-electron chi connectivity index (χ4n) is 1.55. The van der Waals surface area contributed by atoms with E-state index < -0.39 is 32.0 Å². The summed E-state index contributed by atoms with van der Waals surface area (Å²) in [6, 6.07) is 0. The van der Waals surface area contributed by atoms with E-state index in [1.54, 1.807) is 0 Å². The monoisotopic (exact) mass is 340 g/mol. The van der Waals surface area contributed by atoms with E-state index in [-0.39, 0.29) is 18.9 Å². The summed E-state index contributed by atoms with van der Waals surface area (Å²) in [4.78, 5) is 0. The predicted octanol–water partition coefficient (Wildman–Crippen LogP) is 1.60. The molecule has 0 fully saturated rings. The van der Waals surface area contributed by atoms with Gasteiger partial charge < -0.3 is 23.2 Å². The van der Waals surface area contributed by atoms with Gasteiger partial charge in [0.05, 0.1) is 18.9 Å². The van der Waals surface area contributed by atoms with Crippen LogP contribution in [0.15, 0.2) is 0 Å². The molecule has 0 saturated heterocycles. The number of aliphatic hydroxyl groups is 2. The first-order valence-electron chi connectivity index (χ1n) is 7.24. The Bertz CT molecular complexity index is 249. The molecule has 122 valence electrons. The number of rotatable bonds is 10. The van der Waals surface area contributed by atoms with Gasteiger partial charge in [0, 0.05) is 0 Å². The molecule has 2 atom stereocenters. The zero-order chi connectivity index (χ0) is 16.0. The van der Waals surface area contributed by atoms with Gasteiger partial charge in [-0.15, -0.1) is 0 Å². The Balaban J connectivity index is 4.76. The van der Waals surface area contributed by atoms with Gasteiger partial charge in [0.1, 0.15) is 6.10 Å². The molecule has 0 amide bonds. The van der Waals surface area contributed by atoms with Crippen molar-refractivity contribution in [3.63, 3.8) is 0 Å². The molecule has 0 aromatic carbocycles. The molecule has 5 nitrogen and oxygen atoms in total. The van der Waals surface area contributed by atoms with Gasteiger partial charge in [-0.1, -0.05) is 6.92 Å². The van der Waals surface area contributed by atoms with Crippen LogP contribution in [0.4, 0.5) is 0 Å². The van der Waals surface area contributed by atoms with Gasteiger partial charge in [-0.2, -0.15) is 0 Å². The van der Waals surface area contributed by atoms with Gasteiger partial charge in [-0.3, -0.25) is 0 Å². The van der Waals surface area contributed by atoms with Gasteiger partial charge in [0.15, 0.2) is 16.6 Å². The van der Waals surface area contributed by atoms with Crippen LogP contribution in [0.5, 0.6) is 0 Å². The van der Waals surface area contributed by atoms with E-state index in [4.69, 9.17) is 18.1 Å². The molecule has 20 heavy (non-hydrogen) atoms. The number of aliphatic hydroxyl groups excluding tert-OH is 2. The van der Waals surface area contributed by atoms with Crippen LogP contribution in [0.1, 0.15) is 13.3 Å². The van der Waals surface area contributed by atoms with E-state index in [0.717, 1.165) is 6.42 Å². The second-order valence-corrected chi connectivity index (χ2v) is 18.8. The van der Waals surface area contributed by atoms with E-state index in [2.05, 4.69) is 39.3 Å². The molecule has 2 N–H and O–H groups in total. The Kier molecular flexibility index (Phi) is 8.99. The van der Waals surface area contributed by atoms with Crippen molar-refractivity contribution < 1.29 is 23.2 Å². The van der Waals surface area contributed by atoms with Crippen molar-refractivity contribution in [2.45, 2.75) is 64.5 Å². The lowest BCUT2D eigenvalue weighted by molar-refractivity contribution is -0.0136. The Morgan fingerprint density at radius 3 is 1.75 bits per heavy atom. The molecular weight excluding hydrogens is 308 g/mol. The number of hydrogen-bond acceptors (Lipinski definition) is 5. The fraction of sp³-hybridized carbons (Fsp3) is 1.00. The van der Waals surface area contributed by atoms with Crippen LogP contribution in [-0.2, 0) is 13.0 Å². The highest BCUT2D eigenvalue weighted by atomic mass is 28.4. The van der Waals surface area contributed by atoms with Crippen molar-refractivity contribution in [1.82, 2.24) is 0 Å². The lowest BCUT2D eigenvalue weighted by Gasteiger charge is -2.35. The van der Waals surface area contributed by atoms with Crippen molar-refractivity contribution in [1.29, 1.82) is 0 Å². The van der Waals surface area contributed by atoms with Crippen molar-refractivity contribution in [3.05, 3.63) is 0 Å². The topological polar surface area (TPSA) is 68.2 Å². The third kappa shape index (κ3) is 10.2. The first kappa shape index (κ1) is 20.5. The lowest BCUT2D eigenvalue weighted by atomic mass is 10.4. The molecule has 0 aliphatic carbocycles. The van der Waals surface area contributed by atoms with E-state index in [1.807, 2.05) is 6.92 Å². The normalized spacial score (nSPS) is 16.5. The van der Waals surface area contributed by atoms with E-state index in [0.29, 0.717) is 0 Å². The summed E-state index contributed by atoms with van der Waals surface area (Å²) in [7, 11) is -5.35. The summed E-state index contributed by atoms with van der Waals surface area (Å²) in [6.07, 6.45) is -0.0400. The zero-order valence-corrected chi connectivity index (χ0v) is 17.1. The van der Waals surface area contributed by atoms with Crippen LogP contribution in [-0.4, -0.2) is 61.2 Å². The minimum absolute atomic E-state index is 0.0883. The number of hydrogen-bond donors (Lipinski definition) is 2. The van der Waals surface area contributed by atoms with Crippen molar-refractivity contribution in [2.75, 3.05) is 13.2 Å². The quantitative estimate of drug-likeness (QED) is 0.591. The summed E-state index contributed by atoms with van der Waals surface area (Å²) >= 11 is 0. The van der Waals surface area contributed by atoms with Gasteiger partial charge in [-0.25, -0.2) is 0 Å². The largest absolute Gasteiger partial charge is 0.437 e. The van der Waals surface area contributed by atoms with Crippen molar-refractivity contribution >= 4 is 25.9 Å². The maximum atomic E-state index is 9.43. The molecule has 0 rings (SSSR count). The maximum absolute atomic E-state index is 9.43. The Hall–Kier alpha value is 0.451. The molecule has 0 spiro atoms. The van der Waals surface area contributed by atoms with Gasteiger partial charge >= 0.3 is 9.28 Å². The average Bonchev–Trinajstić information content (AvgIpc) is 2.24. The first-order valence-corrected chi connectivity index (χ1v) is 15.7. The van der Waals surface area contributed by atoms with Gasteiger partial charge in [-0.05, 0) is 45.7 Å². The van der Waals surface area contributed by atoms with Crippen molar-refractivity contribution in [3.8, 4) is 0 Å². The molecule has 0 saturated carbocycles. The van der Waals surface area contributed by atoms with E-state index >= 15 is 0 Å². The summed E-state index contributed by atoms with van der Waals surface area (Å²) in [6.45, 7) is 14.8.